The molecule has 0 aliphatic rings. The number of benzene rings is 2. The lowest BCUT2D eigenvalue weighted by Crippen LogP contribution is -2.29. The first-order chi connectivity index (χ1) is 10.9. The van der Waals surface area contributed by atoms with Crippen molar-refractivity contribution >= 4 is 28.9 Å². The summed E-state index contributed by atoms with van der Waals surface area (Å²) >= 11 is 0. The highest BCUT2D eigenvalue weighted by Gasteiger charge is 2.16. The molecule has 0 saturated carbocycles. The van der Waals surface area contributed by atoms with Crippen molar-refractivity contribution in [1.82, 2.24) is 0 Å². The highest BCUT2D eigenvalue weighted by atomic mass is 16.6. The van der Waals surface area contributed by atoms with E-state index in [2.05, 4.69) is 10.6 Å². The molecule has 2 rings (SSSR count). The third-order valence-corrected chi connectivity index (χ3v) is 3.26. The van der Waals surface area contributed by atoms with Crippen molar-refractivity contribution in [2.45, 2.75) is 13.8 Å². The Kier molecular flexibility index (Phi) is 4.70. The molecule has 23 heavy (non-hydrogen) atoms. The van der Waals surface area contributed by atoms with Crippen LogP contribution in [-0.2, 0) is 9.59 Å². The fourth-order valence-electron chi connectivity index (χ4n) is 2.04. The van der Waals surface area contributed by atoms with E-state index in [0.29, 0.717) is 11.4 Å². The lowest BCUT2D eigenvalue weighted by Gasteiger charge is -2.11. The van der Waals surface area contributed by atoms with Crippen molar-refractivity contribution in [2.75, 3.05) is 10.6 Å². The van der Waals surface area contributed by atoms with E-state index in [0.717, 1.165) is 11.1 Å². The van der Waals surface area contributed by atoms with Crippen molar-refractivity contribution in [3.8, 4) is 0 Å². The summed E-state index contributed by atoms with van der Waals surface area (Å²) in [5.74, 6) is -1.65. The van der Waals surface area contributed by atoms with Crippen LogP contribution in [0.3, 0.4) is 0 Å². The van der Waals surface area contributed by atoms with Gasteiger partial charge in [0.25, 0.3) is 5.69 Å². The molecule has 2 amide bonds. The van der Waals surface area contributed by atoms with Gasteiger partial charge in [0.1, 0.15) is 0 Å². The monoisotopic (exact) mass is 313 g/mol. The summed E-state index contributed by atoms with van der Waals surface area (Å²) in [5.41, 5.74) is 2.50. The Hall–Kier alpha value is -3.22. The van der Waals surface area contributed by atoms with Crippen molar-refractivity contribution in [2.24, 2.45) is 0 Å². The van der Waals surface area contributed by atoms with Crippen LogP contribution in [0.25, 0.3) is 0 Å². The van der Waals surface area contributed by atoms with Crippen LogP contribution < -0.4 is 10.6 Å². The minimum absolute atomic E-state index is 0.0945. The number of nitrogens with one attached hydrogen (secondary N) is 2. The number of amides is 2. The third kappa shape index (κ3) is 3.91. The van der Waals surface area contributed by atoms with Gasteiger partial charge in [0.05, 0.1) is 4.92 Å². The van der Waals surface area contributed by atoms with Crippen LogP contribution in [0.2, 0.25) is 0 Å². The summed E-state index contributed by atoms with van der Waals surface area (Å²) < 4.78 is 0. The maximum atomic E-state index is 12.0. The van der Waals surface area contributed by atoms with Crippen molar-refractivity contribution < 1.29 is 14.5 Å². The molecule has 0 unspecified atom stereocenters. The normalized spacial score (nSPS) is 10.0. The predicted molar refractivity (Wildman–Crippen MR) is 86.3 cm³/mol. The average Bonchev–Trinajstić information content (AvgIpc) is 2.51. The number of para-hydroxylation sites is 1. The van der Waals surface area contributed by atoms with Gasteiger partial charge < -0.3 is 10.6 Å². The van der Waals surface area contributed by atoms with E-state index in [1.807, 2.05) is 32.0 Å². The molecule has 7 heteroatoms. The second-order valence-electron chi connectivity index (χ2n) is 4.98. The standard InChI is InChI=1S/C16H15N3O4/c1-10-4-3-5-11(2)14(10)18-16(21)15(20)17-12-6-8-13(9-7-12)19(22)23/h3-9H,1-2H3,(H,17,20)(H,18,21). The fraction of sp³-hybridized carbons (Fsp3) is 0.125. The molecule has 0 saturated heterocycles. The summed E-state index contributed by atoms with van der Waals surface area (Å²) in [7, 11) is 0. The maximum Gasteiger partial charge on any atom is 0.314 e. The quantitative estimate of drug-likeness (QED) is 0.517. The molecular formula is C16H15N3O4. The number of rotatable bonds is 3. The molecule has 0 aliphatic heterocycles. The van der Waals surface area contributed by atoms with Gasteiger partial charge in [-0.2, -0.15) is 0 Å². The number of anilines is 2. The zero-order valence-corrected chi connectivity index (χ0v) is 12.6. The number of nitrogens with zero attached hydrogens (tertiary/aromatic N) is 1. The summed E-state index contributed by atoms with van der Waals surface area (Å²) in [6.45, 7) is 3.66. The number of carbonyl (C=O) groups excluding carboxylic acids is 2. The van der Waals surface area contributed by atoms with Gasteiger partial charge in [0.15, 0.2) is 0 Å². The Morgan fingerprint density at radius 3 is 1.96 bits per heavy atom. The van der Waals surface area contributed by atoms with E-state index in [4.69, 9.17) is 0 Å². The fourth-order valence-corrected chi connectivity index (χ4v) is 2.04. The summed E-state index contributed by atoms with van der Waals surface area (Å²) in [6, 6.07) is 10.7. The zero-order chi connectivity index (χ0) is 17.0. The van der Waals surface area contributed by atoms with E-state index in [9.17, 15) is 19.7 Å². The summed E-state index contributed by atoms with van der Waals surface area (Å²) in [4.78, 5) is 33.9. The Bertz CT molecular complexity index is 749. The van der Waals surface area contributed by atoms with Crippen LogP contribution in [0.4, 0.5) is 17.1 Å². The number of non-ortho nitro benzene ring substituents is 1. The highest BCUT2D eigenvalue weighted by Crippen LogP contribution is 2.19. The minimum atomic E-state index is -0.846. The Morgan fingerprint density at radius 2 is 1.43 bits per heavy atom. The van der Waals surface area contributed by atoms with E-state index < -0.39 is 16.7 Å². The predicted octanol–water partition coefficient (Wildman–Crippen LogP) is 2.79. The average molecular weight is 313 g/mol. The second kappa shape index (κ2) is 6.69. The first-order valence-electron chi connectivity index (χ1n) is 6.81. The van der Waals surface area contributed by atoms with Crippen molar-refractivity contribution in [1.29, 1.82) is 0 Å². The molecule has 7 nitrogen and oxygen atoms in total. The molecule has 2 aromatic carbocycles. The van der Waals surface area contributed by atoms with E-state index in [1.165, 1.54) is 24.3 Å². The van der Waals surface area contributed by atoms with Gasteiger partial charge in [-0.25, -0.2) is 0 Å². The molecule has 0 heterocycles. The van der Waals surface area contributed by atoms with Crippen LogP contribution in [-0.4, -0.2) is 16.7 Å². The highest BCUT2D eigenvalue weighted by molar-refractivity contribution is 6.43. The van der Waals surface area contributed by atoms with Gasteiger partial charge >= 0.3 is 11.8 Å². The first-order valence-corrected chi connectivity index (χ1v) is 6.81. The second-order valence-corrected chi connectivity index (χ2v) is 4.98. The first kappa shape index (κ1) is 16.2. The summed E-state index contributed by atoms with van der Waals surface area (Å²) in [6.07, 6.45) is 0. The van der Waals surface area contributed by atoms with Crippen molar-refractivity contribution in [3.63, 3.8) is 0 Å². The molecule has 0 bridgehead atoms. The third-order valence-electron chi connectivity index (χ3n) is 3.26. The van der Waals surface area contributed by atoms with E-state index in [-0.39, 0.29) is 5.69 Å². The molecular weight excluding hydrogens is 298 g/mol. The Balaban J connectivity index is 2.05. The maximum absolute atomic E-state index is 12.0. The van der Waals surface area contributed by atoms with Gasteiger partial charge in [-0.3, -0.25) is 19.7 Å². The smallest absolute Gasteiger partial charge is 0.314 e. The van der Waals surface area contributed by atoms with Gasteiger partial charge in [0.2, 0.25) is 0 Å². The lowest BCUT2D eigenvalue weighted by molar-refractivity contribution is -0.384. The number of hydrogen-bond acceptors (Lipinski definition) is 4. The zero-order valence-electron chi connectivity index (χ0n) is 12.6. The van der Waals surface area contributed by atoms with Gasteiger partial charge in [0, 0.05) is 23.5 Å². The van der Waals surface area contributed by atoms with Gasteiger partial charge in [-0.15, -0.1) is 0 Å². The molecule has 0 atom stereocenters. The number of nitro benzene ring substituents is 1. The van der Waals surface area contributed by atoms with Gasteiger partial charge in [-0.05, 0) is 37.1 Å². The van der Waals surface area contributed by atoms with Crippen LogP contribution >= 0.6 is 0 Å². The number of carbonyl (C=O) groups is 2. The van der Waals surface area contributed by atoms with Gasteiger partial charge in [-0.1, -0.05) is 18.2 Å². The number of hydrogen-bond donors (Lipinski definition) is 2. The van der Waals surface area contributed by atoms with Crippen LogP contribution in [0.1, 0.15) is 11.1 Å². The molecule has 2 aromatic rings. The molecule has 2 N–H and O–H groups in total. The lowest BCUT2D eigenvalue weighted by atomic mass is 10.1. The molecule has 0 aliphatic carbocycles. The Morgan fingerprint density at radius 1 is 0.913 bits per heavy atom. The number of aryl methyl sites for hydroxylation is 2. The van der Waals surface area contributed by atoms with Crippen LogP contribution in [0.15, 0.2) is 42.5 Å². The summed E-state index contributed by atoms with van der Waals surface area (Å²) in [5, 5.41) is 15.5. The molecule has 0 radical (unpaired) electrons. The van der Waals surface area contributed by atoms with E-state index in [1.54, 1.807) is 0 Å². The van der Waals surface area contributed by atoms with E-state index >= 15 is 0 Å². The van der Waals surface area contributed by atoms with Crippen LogP contribution in [0, 0.1) is 24.0 Å². The number of nitro groups is 1. The topological polar surface area (TPSA) is 101 Å². The molecule has 0 spiro atoms. The van der Waals surface area contributed by atoms with Crippen LogP contribution in [0.5, 0.6) is 0 Å². The molecule has 0 fully saturated rings. The Labute approximate surface area is 132 Å². The van der Waals surface area contributed by atoms with Crippen molar-refractivity contribution in [3.05, 3.63) is 63.7 Å². The SMILES string of the molecule is Cc1cccc(C)c1NC(=O)C(=O)Nc1ccc([N+](=O)[O-])cc1. The minimum Gasteiger partial charge on any atom is -0.318 e. The molecule has 0 aromatic heterocycles. The molecule has 118 valence electrons. The largest absolute Gasteiger partial charge is 0.318 e.